The number of carbonyl (C=O) groups excluding carboxylic acids is 1. The first-order valence-corrected chi connectivity index (χ1v) is 9.02. The molecule has 0 aliphatic carbocycles. The van der Waals surface area contributed by atoms with Gasteiger partial charge in [-0.05, 0) is 24.3 Å². The Morgan fingerprint density at radius 1 is 1.10 bits per heavy atom. The number of piperazine rings is 1. The van der Waals surface area contributed by atoms with Crippen LogP contribution >= 0.6 is 0 Å². The molecule has 10 heteroatoms. The summed E-state index contributed by atoms with van der Waals surface area (Å²) in [5.41, 5.74) is 0.801. The number of halogens is 2. The van der Waals surface area contributed by atoms with Gasteiger partial charge < -0.3 is 19.5 Å². The van der Waals surface area contributed by atoms with Gasteiger partial charge in [0.05, 0.1) is 5.56 Å². The monoisotopic (exact) mass is 400 g/mol. The van der Waals surface area contributed by atoms with Crippen molar-refractivity contribution in [3.8, 4) is 11.5 Å². The van der Waals surface area contributed by atoms with Crippen molar-refractivity contribution in [2.75, 3.05) is 36.4 Å². The molecule has 0 bridgehead atoms. The zero-order valence-corrected chi connectivity index (χ0v) is 15.6. The number of anilines is 2. The zero-order valence-electron chi connectivity index (χ0n) is 15.6. The second kappa shape index (κ2) is 7.82. The molecule has 2 amide bonds. The molecule has 1 aliphatic heterocycles. The van der Waals surface area contributed by atoms with E-state index in [4.69, 9.17) is 4.42 Å². The van der Waals surface area contributed by atoms with Crippen molar-refractivity contribution < 1.29 is 18.0 Å². The average molecular weight is 400 g/mol. The van der Waals surface area contributed by atoms with E-state index in [0.29, 0.717) is 43.8 Å². The number of nitrogens with one attached hydrogen (secondary N) is 1. The second-order valence-corrected chi connectivity index (χ2v) is 6.56. The van der Waals surface area contributed by atoms with Crippen molar-refractivity contribution >= 4 is 17.5 Å². The fourth-order valence-electron chi connectivity index (χ4n) is 3.17. The van der Waals surface area contributed by atoms with Gasteiger partial charge in [-0.25, -0.2) is 18.6 Å². The van der Waals surface area contributed by atoms with Crippen molar-refractivity contribution in [3.63, 3.8) is 0 Å². The molecule has 2 aromatic heterocycles. The molecule has 1 fully saturated rings. The van der Waals surface area contributed by atoms with E-state index < -0.39 is 17.7 Å². The van der Waals surface area contributed by atoms with E-state index in [9.17, 15) is 13.6 Å². The fraction of sp³-hybridized carbons (Fsp3) is 0.263. The Bertz CT molecular complexity index is 1010. The molecule has 1 N–H and O–H groups in total. The third-order valence-corrected chi connectivity index (χ3v) is 4.52. The van der Waals surface area contributed by atoms with Crippen LogP contribution in [0.5, 0.6) is 0 Å². The molecule has 3 aromatic rings. The molecule has 4 rings (SSSR count). The maximum absolute atomic E-state index is 13.3. The van der Waals surface area contributed by atoms with E-state index in [0.717, 1.165) is 23.8 Å². The van der Waals surface area contributed by atoms with Gasteiger partial charge in [-0.2, -0.15) is 0 Å². The maximum atomic E-state index is 13.3. The van der Waals surface area contributed by atoms with Gasteiger partial charge in [-0.3, -0.25) is 0 Å². The lowest BCUT2D eigenvalue weighted by Gasteiger charge is -2.35. The third kappa shape index (κ3) is 4.15. The van der Waals surface area contributed by atoms with E-state index in [2.05, 4.69) is 20.5 Å². The van der Waals surface area contributed by atoms with Crippen LogP contribution in [0, 0.1) is 18.6 Å². The van der Waals surface area contributed by atoms with Crippen LogP contribution in [0.25, 0.3) is 11.5 Å². The molecular formula is C19H18F2N6O2. The van der Waals surface area contributed by atoms with E-state index in [1.54, 1.807) is 24.1 Å². The largest absolute Gasteiger partial charge is 0.421 e. The number of amides is 2. The highest BCUT2D eigenvalue weighted by Gasteiger charge is 2.25. The van der Waals surface area contributed by atoms with Crippen LogP contribution in [0.1, 0.15) is 5.89 Å². The quantitative estimate of drug-likeness (QED) is 0.727. The molecule has 0 radical (unpaired) electrons. The van der Waals surface area contributed by atoms with E-state index in [1.807, 2.05) is 11.0 Å². The SMILES string of the molecule is Cc1nnc(-c2cccnc2N2CCN(C(=O)Nc3cc(F)cc(F)c3)CC2)o1. The number of aryl methyl sites for hydroxylation is 1. The summed E-state index contributed by atoms with van der Waals surface area (Å²) in [7, 11) is 0. The van der Waals surface area contributed by atoms with Crippen LogP contribution in [-0.4, -0.2) is 52.3 Å². The molecule has 8 nitrogen and oxygen atoms in total. The third-order valence-electron chi connectivity index (χ3n) is 4.52. The van der Waals surface area contributed by atoms with E-state index in [-0.39, 0.29) is 5.69 Å². The lowest BCUT2D eigenvalue weighted by molar-refractivity contribution is 0.208. The van der Waals surface area contributed by atoms with Crippen molar-refractivity contribution in [1.82, 2.24) is 20.1 Å². The molecule has 0 unspecified atom stereocenters. The summed E-state index contributed by atoms with van der Waals surface area (Å²) in [5.74, 6) is 0.0560. The van der Waals surface area contributed by atoms with Crippen LogP contribution in [0.15, 0.2) is 40.9 Å². The van der Waals surface area contributed by atoms with Gasteiger partial charge in [-0.15, -0.1) is 10.2 Å². The van der Waals surface area contributed by atoms with Gasteiger partial charge in [0.1, 0.15) is 17.5 Å². The number of aromatic nitrogens is 3. The van der Waals surface area contributed by atoms with Crippen molar-refractivity contribution in [2.24, 2.45) is 0 Å². The molecule has 150 valence electrons. The summed E-state index contributed by atoms with van der Waals surface area (Å²) in [6, 6.07) is 6.13. The lowest BCUT2D eigenvalue weighted by Crippen LogP contribution is -2.50. The highest BCUT2D eigenvalue weighted by atomic mass is 19.1. The van der Waals surface area contributed by atoms with Crippen molar-refractivity contribution in [2.45, 2.75) is 6.92 Å². The lowest BCUT2D eigenvalue weighted by atomic mass is 10.2. The number of carbonyl (C=O) groups is 1. The summed E-state index contributed by atoms with van der Waals surface area (Å²) in [6.45, 7) is 3.61. The Hall–Kier alpha value is -3.56. The number of pyridine rings is 1. The Kier molecular flexibility index (Phi) is 5.07. The predicted molar refractivity (Wildman–Crippen MR) is 101 cm³/mol. The summed E-state index contributed by atoms with van der Waals surface area (Å²) in [6.07, 6.45) is 1.68. The number of benzene rings is 1. The molecule has 0 atom stereocenters. The first kappa shape index (κ1) is 18.8. The smallest absolute Gasteiger partial charge is 0.321 e. The highest BCUT2D eigenvalue weighted by Crippen LogP contribution is 2.28. The Morgan fingerprint density at radius 2 is 1.83 bits per heavy atom. The highest BCUT2D eigenvalue weighted by molar-refractivity contribution is 5.89. The summed E-state index contributed by atoms with van der Waals surface area (Å²) < 4.78 is 32.1. The molecule has 1 aliphatic rings. The van der Waals surface area contributed by atoms with Crippen LogP contribution in [-0.2, 0) is 0 Å². The number of urea groups is 1. The van der Waals surface area contributed by atoms with Gasteiger partial charge in [0.15, 0.2) is 0 Å². The van der Waals surface area contributed by atoms with Gasteiger partial charge >= 0.3 is 6.03 Å². The van der Waals surface area contributed by atoms with Crippen LogP contribution < -0.4 is 10.2 Å². The van der Waals surface area contributed by atoms with Gasteiger partial charge in [0, 0.05) is 51.1 Å². The minimum absolute atomic E-state index is 0.0775. The first-order valence-electron chi connectivity index (χ1n) is 9.02. The Morgan fingerprint density at radius 3 is 2.48 bits per heavy atom. The molecule has 1 aromatic carbocycles. The minimum Gasteiger partial charge on any atom is -0.421 e. The van der Waals surface area contributed by atoms with E-state index >= 15 is 0 Å². The number of rotatable bonds is 3. The van der Waals surface area contributed by atoms with Crippen LogP contribution in [0.4, 0.5) is 25.1 Å². The number of nitrogens with zero attached hydrogens (tertiary/aromatic N) is 5. The normalized spacial score (nSPS) is 14.2. The predicted octanol–water partition coefficient (Wildman–Crippen LogP) is 3.07. The van der Waals surface area contributed by atoms with E-state index in [1.165, 1.54) is 0 Å². The minimum atomic E-state index is -0.746. The second-order valence-electron chi connectivity index (χ2n) is 6.56. The van der Waals surface area contributed by atoms with Crippen molar-refractivity contribution in [3.05, 3.63) is 54.1 Å². The Balaban J connectivity index is 1.43. The van der Waals surface area contributed by atoms with Crippen LogP contribution in [0.2, 0.25) is 0 Å². The molecule has 0 spiro atoms. The van der Waals surface area contributed by atoms with Crippen molar-refractivity contribution in [1.29, 1.82) is 0 Å². The standard InChI is InChI=1S/C19H18F2N6O2/c1-12-24-25-18(29-12)16-3-2-4-22-17(16)26-5-7-27(8-6-26)19(28)23-15-10-13(20)9-14(21)11-15/h2-4,9-11H,5-8H2,1H3,(H,23,28). The molecule has 1 saturated heterocycles. The fourth-order valence-corrected chi connectivity index (χ4v) is 3.17. The average Bonchev–Trinajstić information content (AvgIpc) is 3.13. The number of hydrogen-bond acceptors (Lipinski definition) is 6. The zero-order chi connectivity index (χ0) is 20.4. The number of hydrogen-bond donors (Lipinski definition) is 1. The first-order chi connectivity index (χ1) is 14.0. The molecular weight excluding hydrogens is 382 g/mol. The molecule has 0 saturated carbocycles. The van der Waals surface area contributed by atoms with Gasteiger partial charge in [-0.1, -0.05) is 0 Å². The van der Waals surface area contributed by atoms with Crippen LogP contribution in [0.3, 0.4) is 0 Å². The Labute approximate surface area is 165 Å². The molecule has 3 heterocycles. The summed E-state index contributed by atoms with van der Waals surface area (Å²) in [4.78, 5) is 20.5. The summed E-state index contributed by atoms with van der Waals surface area (Å²) in [5, 5.41) is 10.4. The topological polar surface area (TPSA) is 87.4 Å². The van der Waals surface area contributed by atoms with Gasteiger partial charge in [0.2, 0.25) is 5.89 Å². The molecule has 29 heavy (non-hydrogen) atoms. The summed E-state index contributed by atoms with van der Waals surface area (Å²) >= 11 is 0. The maximum Gasteiger partial charge on any atom is 0.321 e. The van der Waals surface area contributed by atoms with Gasteiger partial charge in [0.25, 0.3) is 5.89 Å².